The van der Waals surface area contributed by atoms with E-state index in [1.54, 1.807) is 0 Å². The maximum atomic E-state index is 12.8. The molecule has 23 heavy (non-hydrogen) atoms. The molecule has 9 atom stereocenters. The third kappa shape index (κ3) is 3.21. The van der Waals surface area contributed by atoms with Crippen LogP contribution in [0.25, 0.3) is 0 Å². The first-order valence-electron chi connectivity index (χ1n) is 6.95. The Kier molecular flexibility index (Phi) is 5.87. The molecule has 9 nitrogen and oxygen atoms in total. The SMILES string of the molecule is OC[C@]1(O[C@@H]2O[C@H](CF)[C@@H](O)[C@H](O)[C@@H]2O)O[C@@H](CF)[C@@H](O)[C@H]1O. The Labute approximate surface area is 129 Å². The molecule has 2 heterocycles. The summed E-state index contributed by atoms with van der Waals surface area (Å²) in [5.41, 5.74) is 0. The predicted molar refractivity (Wildman–Crippen MR) is 66.4 cm³/mol. The summed E-state index contributed by atoms with van der Waals surface area (Å²) in [6.45, 7) is -3.45. The highest BCUT2D eigenvalue weighted by atomic mass is 19.1. The smallest absolute Gasteiger partial charge is 0.224 e. The Morgan fingerprint density at radius 1 is 0.870 bits per heavy atom. The van der Waals surface area contributed by atoms with Gasteiger partial charge in [0, 0.05) is 0 Å². The number of ether oxygens (including phenoxy) is 3. The van der Waals surface area contributed by atoms with Crippen molar-refractivity contribution in [3.8, 4) is 0 Å². The van der Waals surface area contributed by atoms with Crippen LogP contribution in [0.2, 0.25) is 0 Å². The van der Waals surface area contributed by atoms with Gasteiger partial charge in [-0.25, -0.2) is 8.78 Å². The summed E-state index contributed by atoms with van der Waals surface area (Å²) in [5.74, 6) is -2.34. The van der Waals surface area contributed by atoms with Gasteiger partial charge in [0.25, 0.3) is 0 Å². The first-order chi connectivity index (χ1) is 10.8. The Morgan fingerprint density at radius 3 is 1.96 bits per heavy atom. The molecule has 0 amide bonds. The summed E-state index contributed by atoms with van der Waals surface area (Å²) in [7, 11) is 0. The first kappa shape index (κ1) is 18.8. The molecule has 2 fully saturated rings. The number of rotatable bonds is 5. The summed E-state index contributed by atoms with van der Waals surface area (Å²) in [5, 5.41) is 58.0. The molecule has 0 aromatic heterocycles. The Morgan fingerprint density at radius 2 is 1.48 bits per heavy atom. The Bertz CT molecular complexity index is 401. The van der Waals surface area contributed by atoms with Crippen LogP contribution in [0, 0.1) is 0 Å². The second-order valence-corrected chi connectivity index (χ2v) is 5.50. The molecule has 0 aliphatic carbocycles. The minimum atomic E-state index is -2.34. The van der Waals surface area contributed by atoms with Crippen LogP contribution >= 0.6 is 0 Å². The predicted octanol–water partition coefficient (Wildman–Crippen LogP) is -3.44. The van der Waals surface area contributed by atoms with E-state index in [-0.39, 0.29) is 0 Å². The van der Waals surface area contributed by atoms with E-state index in [9.17, 15) is 39.4 Å². The fraction of sp³-hybridized carbons (Fsp3) is 1.00. The highest BCUT2D eigenvalue weighted by Gasteiger charge is 2.58. The van der Waals surface area contributed by atoms with Gasteiger partial charge in [-0.15, -0.1) is 0 Å². The fourth-order valence-corrected chi connectivity index (χ4v) is 2.59. The maximum Gasteiger partial charge on any atom is 0.224 e. The average Bonchev–Trinajstić information content (AvgIpc) is 2.80. The van der Waals surface area contributed by atoms with Gasteiger partial charge in [-0.1, -0.05) is 0 Å². The number of hydrogen-bond acceptors (Lipinski definition) is 9. The van der Waals surface area contributed by atoms with Gasteiger partial charge >= 0.3 is 0 Å². The van der Waals surface area contributed by atoms with Crippen molar-refractivity contribution in [3.05, 3.63) is 0 Å². The van der Waals surface area contributed by atoms with Crippen molar-refractivity contribution in [1.29, 1.82) is 0 Å². The zero-order valence-electron chi connectivity index (χ0n) is 11.9. The van der Waals surface area contributed by atoms with Gasteiger partial charge in [-0.3, -0.25) is 0 Å². The summed E-state index contributed by atoms with van der Waals surface area (Å²) in [4.78, 5) is 0. The van der Waals surface area contributed by atoms with Crippen molar-refractivity contribution < 1.29 is 53.6 Å². The lowest BCUT2D eigenvalue weighted by molar-refractivity contribution is -0.382. The fourth-order valence-electron chi connectivity index (χ4n) is 2.59. The van der Waals surface area contributed by atoms with Crippen LogP contribution in [0.4, 0.5) is 8.78 Å². The second kappa shape index (κ2) is 7.17. The van der Waals surface area contributed by atoms with Gasteiger partial charge in [-0.2, -0.15) is 0 Å². The molecule has 0 aromatic rings. The van der Waals surface area contributed by atoms with Crippen molar-refractivity contribution in [1.82, 2.24) is 0 Å². The van der Waals surface area contributed by atoms with E-state index in [2.05, 4.69) is 0 Å². The lowest BCUT2D eigenvalue weighted by atomic mass is 9.99. The van der Waals surface area contributed by atoms with E-state index in [1.165, 1.54) is 0 Å². The van der Waals surface area contributed by atoms with Gasteiger partial charge < -0.3 is 44.8 Å². The molecule has 2 aliphatic rings. The van der Waals surface area contributed by atoms with E-state index in [4.69, 9.17) is 14.2 Å². The number of hydrogen-bond donors (Lipinski definition) is 6. The van der Waals surface area contributed by atoms with Crippen molar-refractivity contribution in [2.75, 3.05) is 20.0 Å². The van der Waals surface area contributed by atoms with E-state index in [0.29, 0.717) is 0 Å². The first-order valence-corrected chi connectivity index (χ1v) is 6.95. The summed E-state index contributed by atoms with van der Waals surface area (Å²) >= 11 is 0. The number of aliphatic hydroxyl groups excluding tert-OH is 6. The molecule has 6 N–H and O–H groups in total. The van der Waals surface area contributed by atoms with E-state index < -0.39 is 74.8 Å². The second-order valence-electron chi connectivity index (χ2n) is 5.50. The molecule has 136 valence electrons. The third-order valence-electron chi connectivity index (χ3n) is 4.01. The topological polar surface area (TPSA) is 149 Å². The molecule has 0 aromatic carbocycles. The number of aliphatic hydroxyl groups is 6. The normalized spacial score (nSPS) is 51.1. The molecular formula is C12H20F2O9. The summed E-state index contributed by atoms with van der Waals surface area (Å²) in [6, 6.07) is 0. The van der Waals surface area contributed by atoms with E-state index >= 15 is 0 Å². The van der Waals surface area contributed by atoms with Gasteiger partial charge in [0.15, 0.2) is 6.29 Å². The molecule has 2 saturated heterocycles. The van der Waals surface area contributed by atoms with Crippen molar-refractivity contribution in [2.45, 2.75) is 54.8 Å². The van der Waals surface area contributed by atoms with Crippen molar-refractivity contribution in [2.24, 2.45) is 0 Å². The highest BCUT2D eigenvalue weighted by Crippen LogP contribution is 2.36. The van der Waals surface area contributed by atoms with Crippen LogP contribution in [0.1, 0.15) is 0 Å². The van der Waals surface area contributed by atoms with E-state index in [1.807, 2.05) is 0 Å². The van der Waals surface area contributed by atoms with Crippen LogP contribution in [0.15, 0.2) is 0 Å². The molecule has 2 rings (SSSR count). The molecule has 0 unspecified atom stereocenters. The van der Waals surface area contributed by atoms with Crippen LogP contribution in [0.5, 0.6) is 0 Å². The highest BCUT2D eigenvalue weighted by molar-refractivity contribution is 4.98. The molecule has 0 radical (unpaired) electrons. The van der Waals surface area contributed by atoms with Crippen molar-refractivity contribution >= 4 is 0 Å². The third-order valence-corrected chi connectivity index (χ3v) is 4.01. The molecule has 2 aliphatic heterocycles. The minimum absolute atomic E-state index is 1.05. The number of alkyl halides is 2. The number of halogens is 2. The summed E-state index contributed by atoms with van der Waals surface area (Å²) < 4.78 is 40.6. The van der Waals surface area contributed by atoms with Crippen LogP contribution in [-0.2, 0) is 14.2 Å². The monoisotopic (exact) mass is 346 g/mol. The van der Waals surface area contributed by atoms with Gasteiger partial charge in [0.1, 0.15) is 62.7 Å². The maximum absolute atomic E-state index is 12.8. The molecule has 0 spiro atoms. The largest absolute Gasteiger partial charge is 0.391 e. The van der Waals surface area contributed by atoms with Crippen LogP contribution in [-0.4, -0.2) is 105 Å². The van der Waals surface area contributed by atoms with Crippen molar-refractivity contribution in [3.63, 3.8) is 0 Å². The summed E-state index contributed by atoms with van der Waals surface area (Å²) in [6.07, 6.45) is -13.9. The molecule has 11 heteroatoms. The van der Waals surface area contributed by atoms with Gasteiger partial charge in [0.05, 0.1) is 0 Å². The molecule has 0 saturated carbocycles. The average molecular weight is 346 g/mol. The van der Waals surface area contributed by atoms with E-state index in [0.717, 1.165) is 0 Å². The molecule has 0 bridgehead atoms. The van der Waals surface area contributed by atoms with Crippen LogP contribution < -0.4 is 0 Å². The zero-order valence-corrected chi connectivity index (χ0v) is 11.9. The van der Waals surface area contributed by atoms with Gasteiger partial charge in [-0.05, 0) is 0 Å². The zero-order chi connectivity index (χ0) is 17.4. The minimum Gasteiger partial charge on any atom is -0.391 e. The Hall–Kier alpha value is -0.500. The standard InChI is InChI=1S/C12H20F2O9/c13-1-4-6(16)8(18)9(19)11(21-4)23-12(3-15)10(20)7(17)5(2-14)22-12/h4-11,15-20H,1-3H2/t4-,5+,6-,7-,8+,9+,10-,11+,12-/m1/s1. The van der Waals surface area contributed by atoms with Crippen LogP contribution in [0.3, 0.4) is 0 Å². The van der Waals surface area contributed by atoms with Gasteiger partial charge in [0.2, 0.25) is 5.79 Å². The molecular weight excluding hydrogens is 326 g/mol. The quantitative estimate of drug-likeness (QED) is 0.299. The lowest BCUT2D eigenvalue weighted by Gasteiger charge is -2.43. The lowest BCUT2D eigenvalue weighted by Crippen LogP contribution is -2.62. The Balaban J connectivity index is 2.18.